The first-order valence-corrected chi connectivity index (χ1v) is 8.49. The summed E-state index contributed by atoms with van der Waals surface area (Å²) in [4.78, 5) is 11.7. The molecule has 118 valence electrons. The van der Waals surface area contributed by atoms with Crippen LogP contribution in [0, 0.1) is 17.2 Å². The molecule has 0 bridgehead atoms. The van der Waals surface area contributed by atoms with Crippen LogP contribution >= 0.6 is 0 Å². The molecule has 0 radical (unpaired) electrons. The molecule has 22 heavy (non-hydrogen) atoms. The third-order valence-corrected chi connectivity index (χ3v) is 5.75. The van der Waals surface area contributed by atoms with Crippen LogP contribution in [0.15, 0.2) is 23.1 Å². The lowest BCUT2D eigenvalue weighted by Crippen LogP contribution is -2.48. The highest BCUT2D eigenvalue weighted by Gasteiger charge is 2.35. The molecule has 7 heteroatoms. The summed E-state index contributed by atoms with van der Waals surface area (Å²) in [6, 6.07) is 6.50. The minimum absolute atomic E-state index is 0.0525. The Morgan fingerprint density at radius 2 is 2.05 bits per heavy atom. The van der Waals surface area contributed by atoms with Gasteiger partial charge in [-0.1, -0.05) is 13.8 Å². The average molecular weight is 321 g/mol. The quantitative estimate of drug-likeness (QED) is 0.885. The van der Waals surface area contributed by atoms with E-state index in [0.717, 1.165) is 0 Å². The summed E-state index contributed by atoms with van der Waals surface area (Å²) in [6.07, 6.45) is 0. The van der Waals surface area contributed by atoms with Gasteiger partial charge < -0.3 is 5.32 Å². The lowest BCUT2D eigenvalue weighted by Gasteiger charge is -2.27. The number of carbonyl (C=O) groups excluding carboxylic acids is 1. The molecule has 0 aromatic heterocycles. The zero-order valence-corrected chi connectivity index (χ0v) is 13.8. The molecule has 1 heterocycles. The number of nitrogens with one attached hydrogen (secondary N) is 2. The monoisotopic (exact) mass is 321 g/mol. The molecule has 0 fully saturated rings. The number of benzene rings is 1. The number of hydrogen-bond acceptors (Lipinski definition) is 4. The van der Waals surface area contributed by atoms with Crippen molar-refractivity contribution in [2.45, 2.75) is 44.0 Å². The van der Waals surface area contributed by atoms with E-state index in [1.54, 1.807) is 33.8 Å². The van der Waals surface area contributed by atoms with Crippen LogP contribution in [0.3, 0.4) is 0 Å². The fourth-order valence-electron chi connectivity index (χ4n) is 2.17. The van der Waals surface area contributed by atoms with Gasteiger partial charge in [-0.3, -0.25) is 4.79 Å². The minimum atomic E-state index is -3.85. The van der Waals surface area contributed by atoms with Gasteiger partial charge in [-0.05, 0) is 43.5 Å². The van der Waals surface area contributed by atoms with Gasteiger partial charge in [-0.25, -0.2) is 8.42 Å². The summed E-state index contributed by atoms with van der Waals surface area (Å²) in [5, 5.41) is 12.0. The molecule has 0 saturated carbocycles. The van der Waals surface area contributed by atoms with E-state index in [0.29, 0.717) is 11.3 Å². The summed E-state index contributed by atoms with van der Waals surface area (Å²) < 4.78 is 27.5. The van der Waals surface area contributed by atoms with Crippen molar-refractivity contribution in [2.24, 2.45) is 5.92 Å². The lowest BCUT2D eigenvalue weighted by atomic mass is 9.92. The van der Waals surface area contributed by atoms with Crippen LogP contribution in [0.1, 0.15) is 39.2 Å². The van der Waals surface area contributed by atoms with E-state index >= 15 is 0 Å². The predicted molar refractivity (Wildman–Crippen MR) is 82.7 cm³/mol. The van der Waals surface area contributed by atoms with Crippen LogP contribution in [0.5, 0.6) is 0 Å². The van der Waals surface area contributed by atoms with Crippen LogP contribution < -0.4 is 10.0 Å². The topological polar surface area (TPSA) is 99.1 Å². The maximum atomic E-state index is 12.5. The second-order valence-electron chi connectivity index (χ2n) is 6.03. The number of anilines is 1. The van der Waals surface area contributed by atoms with E-state index in [1.807, 2.05) is 6.07 Å². The molecule has 0 saturated heterocycles. The van der Waals surface area contributed by atoms with E-state index < -0.39 is 21.5 Å². The summed E-state index contributed by atoms with van der Waals surface area (Å²) in [5.74, 6) is -0.733. The van der Waals surface area contributed by atoms with E-state index in [9.17, 15) is 18.5 Å². The number of rotatable bonds is 4. The van der Waals surface area contributed by atoms with Crippen molar-refractivity contribution in [1.82, 2.24) is 4.72 Å². The van der Waals surface area contributed by atoms with Crippen molar-refractivity contribution in [3.8, 4) is 6.07 Å². The van der Waals surface area contributed by atoms with Gasteiger partial charge in [0.2, 0.25) is 15.9 Å². The van der Waals surface area contributed by atoms with E-state index in [2.05, 4.69) is 10.0 Å². The van der Waals surface area contributed by atoms with Crippen molar-refractivity contribution < 1.29 is 13.2 Å². The minimum Gasteiger partial charge on any atom is -0.325 e. The van der Waals surface area contributed by atoms with Gasteiger partial charge in [0.25, 0.3) is 0 Å². The molecule has 1 aromatic carbocycles. The van der Waals surface area contributed by atoms with Crippen molar-refractivity contribution in [3.63, 3.8) is 0 Å². The molecule has 1 aromatic rings. The Morgan fingerprint density at radius 3 is 2.59 bits per heavy atom. The van der Waals surface area contributed by atoms with E-state index in [-0.39, 0.29) is 16.7 Å². The first kappa shape index (κ1) is 16.5. The highest BCUT2D eigenvalue weighted by Crippen LogP contribution is 2.34. The highest BCUT2D eigenvalue weighted by atomic mass is 32.2. The van der Waals surface area contributed by atoms with Crippen molar-refractivity contribution in [2.75, 3.05) is 5.32 Å². The zero-order valence-electron chi connectivity index (χ0n) is 13.0. The SMILES string of the molecule is CC(C)[C@@](C)(C#N)NS(=O)(=O)c1ccc2c(c1)[C@@H](C)C(=O)N2. The number of carbonyl (C=O) groups is 1. The van der Waals surface area contributed by atoms with Crippen LogP contribution in [-0.4, -0.2) is 19.9 Å². The van der Waals surface area contributed by atoms with Gasteiger partial charge in [-0.15, -0.1) is 0 Å². The Kier molecular flexibility index (Phi) is 4.02. The summed E-state index contributed by atoms with van der Waals surface area (Å²) in [7, 11) is -3.85. The number of nitriles is 1. The summed E-state index contributed by atoms with van der Waals surface area (Å²) >= 11 is 0. The maximum absolute atomic E-state index is 12.5. The standard InChI is InChI=1S/C15H19N3O3S/c1-9(2)15(4,8-16)18-22(20,21)11-5-6-13-12(7-11)10(3)14(19)17-13/h5-7,9-10,18H,1-4H3,(H,17,19)/t10-,15-/m1/s1. The molecule has 2 N–H and O–H groups in total. The normalized spacial score (nSPS) is 20.2. The lowest BCUT2D eigenvalue weighted by molar-refractivity contribution is -0.116. The molecule has 6 nitrogen and oxygen atoms in total. The molecule has 0 spiro atoms. The molecule has 0 aliphatic carbocycles. The van der Waals surface area contributed by atoms with Crippen molar-refractivity contribution in [1.29, 1.82) is 5.26 Å². The maximum Gasteiger partial charge on any atom is 0.241 e. The molecule has 1 amide bonds. The second-order valence-corrected chi connectivity index (χ2v) is 7.72. The molecule has 2 atom stereocenters. The molecular weight excluding hydrogens is 302 g/mol. The Morgan fingerprint density at radius 1 is 1.41 bits per heavy atom. The molecular formula is C15H19N3O3S. The Labute approximate surface area is 130 Å². The van der Waals surface area contributed by atoms with Gasteiger partial charge in [0.05, 0.1) is 16.9 Å². The van der Waals surface area contributed by atoms with Gasteiger partial charge in [0, 0.05) is 5.69 Å². The van der Waals surface area contributed by atoms with Crippen LogP contribution in [-0.2, 0) is 14.8 Å². The Bertz CT molecular complexity index is 765. The number of fused-ring (bicyclic) bond motifs is 1. The molecule has 0 unspecified atom stereocenters. The van der Waals surface area contributed by atoms with Crippen molar-refractivity contribution in [3.05, 3.63) is 23.8 Å². The molecule has 1 aliphatic heterocycles. The van der Waals surface area contributed by atoms with Gasteiger partial charge in [0.15, 0.2) is 0 Å². The summed E-state index contributed by atoms with van der Waals surface area (Å²) in [6.45, 7) is 6.83. The van der Waals surface area contributed by atoms with Gasteiger partial charge in [-0.2, -0.15) is 9.98 Å². The van der Waals surface area contributed by atoms with Crippen molar-refractivity contribution >= 4 is 21.6 Å². The number of amides is 1. The van der Waals surface area contributed by atoms with Crippen LogP contribution in [0.4, 0.5) is 5.69 Å². The fourth-order valence-corrected chi connectivity index (χ4v) is 3.66. The van der Waals surface area contributed by atoms with E-state index in [4.69, 9.17) is 0 Å². The second kappa shape index (κ2) is 5.38. The Hall–Kier alpha value is -1.91. The first-order valence-electron chi connectivity index (χ1n) is 7.01. The fraction of sp³-hybridized carbons (Fsp3) is 0.467. The largest absolute Gasteiger partial charge is 0.325 e. The Balaban J connectivity index is 2.41. The van der Waals surface area contributed by atoms with Gasteiger partial charge in [0.1, 0.15) is 5.54 Å². The zero-order chi connectivity index (χ0) is 16.7. The third kappa shape index (κ3) is 2.72. The predicted octanol–water partition coefficient (Wildman–Crippen LogP) is 1.96. The highest BCUT2D eigenvalue weighted by molar-refractivity contribution is 7.89. The molecule has 2 rings (SSSR count). The first-order chi connectivity index (χ1) is 10.1. The van der Waals surface area contributed by atoms with Crippen LogP contribution in [0.2, 0.25) is 0 Å². The smallest absolute Gasteiger partial charge is 0.241 e. The van der Waals surface area contributed by atoms with Gasteiger partial charge >= 0.3 is 0 Å². The van der Waals surface area contributed by atoms with E-state index in [1.165, 1.54) is 12.1 Å². The number of sulfonamides is 1. The summed E-state index contributed by atoms with van der Waals surface area (Å²) in [5.41, 5.74) is 0.0804. The van der Waals surface area contributed by atoms with Crippen LogP contribution in [0.25, 0.3) is 0 Å². The number of hydrogen-bond donors (Lipinski definition) is 2. The third-order valence-electron chi connectivity index (χ3n) is 4.18. The molecule has 1 aliphatic rings. The average Bonchev–Trinajstić information content (AvgIpc) is 2.73. The number of nitrogens with zero attached hydrogens (tertiary/aromatic N) is 1.